The van der Waals surface area contributed by atoms with Crippen molar-refractivity contribution in [3.05, 3.63) is 51.2 Å². The number of anilines is 1. The van der Waals surface area contributed by atoms with Gasteiger partial charge in [0, 0.05) is 16.6 Å². The van der Waals surface area contributed by atoms with Crippen LogP contribution in [-0.4, -0.2) is 12.0 Å². The number of rotatable bonds is 3. The number of benzene rings is 1. The monoisotopic (exact) mass is 321 g/mol. The molecule has 1 aromatic carbocycles. The van der Waals surface area contributed by atoms with E-state index in [0.717, 1.165) is 22.5 Å². The van der Waals surface area contributed by atoms with Gasteiger partial charge in [0.05, 0.1) is 10.3 Å². The summed E-state index contributed by atoms with van der Waals surface area (Å²) in [7, 11) is 0. The number of nitrogens with one attached hydrogen (secondary N) is 1. The molecular formula is C16H16ClNO2S. The molecule has 0 bridgehead atoms. The lowest BCUT2D eigenvalue weighted by Crippen LogP contribution is -2.30. The van der Waals surface area contributed by atoms with Gasteiger partial charge in [-0.15, -0.1) is 11.3 Å². The zero-order valence-electron chi connectivity index (χ0n) is 11.6. The van der Waals surface area contributed by atoms with Crippen LogP contribution in [-0.2, 0) is 16.1 Å². The van der Waals surface area contributed by atoms with E-state index in [1.807, 2.05) is 36.4 Å². The Morgan fingerprint density at radius 2 is 2.19 bits per heavy atom. The quantitative estimate of drug-likeness (QED) is 0.850. The Morgan fingerprint density at radius 3 is 2.95 bits per heavy atom. The highest BCUT2D eigenvalue weighted by Gasteiger charge is 2.30. The van der Waals surface area contributed by atoms with Gasteiger partial charge in [0.25, 0.3) is 0 Å². The van der Waals surface area contributed by atoms with E-state index in [2.05, 4.69) is 12.2 Å². The van der Waals surface area contributed by atoms with E-state index in [1.165, 1.54) is 11.3 Å². The number of hydrogen-bond donors (Lipinski definition) is 1. The maximum Gasteiger partial charge on any atom is 0.313 e. The van der Waals surface area contributed by atoms with Gasteiger partial charge in [-0.2, -0.15) is 0 Å². The molecule has 3 nitrogen and oxygen atoms in total. The van der Waals surface area contributed by atoms with Crippen LogP contribution in [0.1, 0.15) is 29.7 Å². The van der Waals surface area contributed by atoms with Crippen LogP contribution in [0.25, 0.3) is 0 Å². The van der Waals surface area contributed by atoms with Gasteiger partial charge < -0.3 is 10.1 Å². The Hall–Kier alpha value is -1.52. The average molecular weight is 322 g/mol. The number of carbonyl (C=O) groups excluding carboxylic acids is 1. The van der Waals surface area contributed by atoms with Crippen LogP contribution in [0.3, 0.4) is 0 Å². The summed E-state index contributed by atoms with van der Waals surface area (Å²) >= 11 is 7.32. The number of ether oxygens (including phenoxy) is 1. The number of esters is 1. The Labute approximate surface area is 132 Å². The molecular weight excluding hydrogens is 306 g/mol. The second-order valence-electron chi connectivity index (χ2n) is 5.23. The lowest BCUT2D eigenvalue weighted by molar-refractivity contribution is -0.147. The molecule has 21 heavy (non-hydrogen) atoms. The minimum atomic E-state index is -0.201. The molecule has 1 aliphatic rings. The van der Waals surface area contributed by atoms with Crippen LogP contribution in [0.2, 0.25) is 4.34 Å². The van der Waals surface area contributed by atoms with Gasteiger partial charge in [-0.25, -0.2) is 0 Å². The maximum atomic E-state index is 12.4. The van der Waals surface area contributed by atoms with Crippen LogP contribution in [0, 0.1) is 0 Å². The molecule has 1 aliphatic heterocycles. The van der Waals surface area contributed by atoms with E-state index in [9.17, 15) is 4.79 Å². The van der Waals surface area contributed by atoms with Crippen molar-refractivity contribution in [3.8, 4) is 0 Å². The Morgan fingerprint density at radius 1 is 1.38 bits per heavy atom. The van der Waals surface area contributed by atoms with Crippen molar-refractivity contribution in [2.24, 2.45) is 0 Å². The molecule has 1 N–H and O–H groups in total. The number of para-hydroxylation sites is 1. The average Bonchev–Trinajstić information content (AvgIpc) is 2.89. The largest absolute Gasteiger partial charge is 0.459 e. The standard InChI is InChI=1S/C16H16ClNO2S/c1-10-8-13(12-4-2-3-5-14(12)18-10)16(19)20-9-11-6-7-15(17)21-11/h2-7,10,13,18H,8-9H2,1H3. The van der Waals surface area contributed by atoms with Crippen molar-refractivity contribution in [2.75, 3.05) is 5.32 Å². The van der Waals surface area contributed by atoms with Gasteiger partial charge in [-0.05, 0) is 37.1 Å². The fraction of sp³-hybridized carbons (Fsp3) is 0.312. The van der Waals surface area contributed by atoms with E-state index in [0.29, 0.717) is 4.34 Å². The molecule has 1 aromatic heterocycles. The van der Waals surface area contributed by atoms with Crippen molar-refractivity contribution in [1.82, 2.24) is 0 Å². The Balaban J connectivity index is 1.72. The highest BCUT2D eigenvalue weighted by atomic mass is 35.5. The molecule has 0 saturated heterocycles. The fourth-order valence-corrected chi connectivity index (χ4v) is 3.63. The summed E-state index contributed by atoms with van der Waals surface area (Å²) in [5.74, 6) is -0.367. The van der Waals surface area contributed by atoms with E-state index < -0.39 is 0 Å². The zero-order valence-corrected chi connectivity index (χ0v) is 13.2. The van der Waals surface area contributed by atoms with Crippen molar-refractivity contribution in [2.45, 2.75) is 31.9 Å². The molecule has 5 heteroatoms. The summed E-state index contributed by atoms with van der Waals surface area (Å²) in [6, 6.07) is 11.9. The third-order valence-electron chi connectivity index (χ3n) is 3.60. The number of halogens is 1. The first-order valence-corrected chi connectivity index (χ1v) is 8.09. The highest BCUT2D eigenvalue weighted by Crippen LogP contribution is 2.35. The molecule has 0 spiro atoms. The first-order chi connectivity index (χ1) is 10.1. The first kappa shape index (κ1) is 14.4. The number of thiophene rings is 1. The second-order valence-corrected chi connectivity index (χ2v) is 7.03. The molecule has 0 aliphatic carbocycles. The lowest BCUT2D eigenvalue weighted by Gasteiger charge is -2.29. The summed E-state index contributed by atoms with van der Waals surface area (Å²) in [6.07, 6.45) is 0.751. The second kappa shape index (κ2) is 6.08. The fourth-order valence-electron chi connectivity index (χ4n) is 2.63. The third-order valence-corrected chi connectivity index (χ3v) is 4.80. The van der Waals surface area contributed by atoms with Gasteiger partial charge >= 0.3 is 5.97 Å². The lowest BCUT2D eigenvalue weighted by atomic mass is 9.87. The summed E-state index contributed by atoms with van der Waals surface area (Å²) < 4.78 is 6.18. The first-order valence-electron chi connectivity index (χ1n) is 6.90. The Bertz CT molecular complexity index is 655. The van der Waals surface area contributed by atoms with Crippen LogP contribution in [0.4, 0.5) is 5.69 Å². The SMILES string of the molecule is CC1CC(C(=O)OCc2ccc(Cl)s2)c2ccccc2N1. The Kier molecular flexibility index (Phi) is 4.17. The van der Waals surface area contributed by atoms with E-state index in [-0.39, 0.29) is 24.5 Å². The molecule has 2 unspecified atom stereocenters. The normalized spacial score (nSPS) is 20.5. The topological polar surface area (TPSA) is 38.3 Å². The number of carbonyl (C=O) groups is 1. The molecule has 3 rings (SSSR count). The molecule has 0 saturated carbocycles. The van der Waals surface area contributed by atoms with Crippen LogP contribution in [0.15, 0.2) is 36.4 Å². The van der Waals surface area contributed by atoms with Crippen LogP contribution >= 0.6 is 22.9 Å². The van der Waals surface area contributed by atoms with E-state index >= 15 is 0 Å². The molecule has 2 atom stereocenters. The molecule has 110 valence electrons. The van der Waals surface area contributed by atoms with Crippen LogP contribution in [0.5, 0.6) is 0 Å². The predicted octanol–water partition coefficient (Wildman–Crippen LogP) is 4.43. The summed E-state index contributed by atoms with van der Waals surface area (Å²) in [5, 5.41) is 3.40. The molecule has 2 aromatic rings. The summed E-state index contributed by atoms with van der Waals surface area (Å²) in [6.45, 7) is 2.37. The van der Waals surface area contributed by atoms with Gasteiger partial charge in [-0.1, -0.05) is 29.8 Å². The van der Waals surface area contributed by atoms with Gasteiger partial charge in [0.1, 0.15) is 6.61 Å². The molecule has 0 amide bonds. The molecule has 2 heterocycles. The maximum absolute atomic E-state index is 12.4. The van der Waals surface area contributed by atoms with Crippen molar-refractivity contribution < 1.29 is 9.53 Å². The zero-order chi connectivity index (χ0) is 14.8. The van der Waals surface area contributed by atoms with Gasteiger partial charge in [-0.3, -0.25) is 4.79 Å². The summed E-state index contributed by atoms with van der Waals surface area (Å²) in [4.78, 5) is 13.4. The predicted molar refractivity (Wildman–Crippen MR) is 86.0 cm³/mol. The van der Waals surface area contributed by atoms with Crippen molar-refractivity contribution in [3.63, 3.8) is 0 Å². The highest BCUT2D eigenvalue weighted by molar-refractivity contribution is 7.16. The summed E-state index contributed by atoms with van der Waals surface area (Å²) in [5.41, 5.74) is 2.04. The van der Waals surface area contributed by atoms with Crippen LogP contribution < -0.4 is 5.32 Å². The van der Waals surface area contributed by atoms with Gasteiger partial charge in [0.2, 0.25) is 0 Å². The van der Waals surface area contributed by atoms with E-state index in [4.69, 9.17) is 16.3 Å². The van der Waals surface area contributed by atoms with Crippen molar-refractivity contribution in [1.29, 1.82) is 0 Å². The minimum Gasteiger partial charge on any atom is -0.459 e. The number of fused-ring (bicyclic) bond motifs is 1. The third kappa shape index (κ3) is 3.22. The van der Waals surface area contributed by atoms with E-state index in [1.54, 1.807) is 0 Å². The minimum absolute atomic E-state index is 0.166. The molecule has 0 radical (unpaired) electrons. The number of hydrogen-bond acceptors (Lipinski definition) is 4. The van der Waals surface area contributed by atoms with Crippen molar-refractivity contribution >= 4 is 34.6 Å². The smallest absolute Gasteiger partial charge is 0.313 e. The molecule has 0 fully saturated rings. The van der Waals surface area contributed by atoms with Gasteiger partial charge in [0.15, 0.2) is 0 Å².